The van der Waals surface area contributed by atoms with Crippen LogP contribution in [0.1, 0.15) is 36.9 Å². The Labute approximate surface area is 163 Å². The molecule has 1 spiro atoms. The minimum atomic E-state index is -0.464. The summed E-state index contributed by atoms with van der Waals surface area (Å²) in [7, 11) is 0. The van der Waals surface area contributed by atoms with Crippen LogP contribution in [0, 0.1) is 5.82 Å². The molecule has 0 aliphatic carbocycles. The van der Waals surface area contributed by atoms with Crippen LogP contribution in [-0.2, 0) is 10.2 Å². The van der Waals surface area contributed by atoms with Crippen LogP contribution in [0.5, 0.6) is 0 Å². The monoisotopic (exact) mass is 388 g/mol. The van der Waals surface area contributed by atoms with E-state index in [1.165, 1.54) is 11.6 Å². The third kappa shape index (κ3) is 3.30. The first-order valence-corrected chi connectivity index (χ1v) is 9.58. The molecule has 2 aromatic carbocycles. The quantitative estimate of drug-likeness (QED) is 0.801. The van der Waals surface area contributed by atoms with Gasteiger partial charge in [-0.05, 0) is 49.1 Å². The number of para-hydroxylation sites is 1. The third-order valence-electron chi connectivity index (χ3n) is 5.71. The molecule has 2 amide bonds. The summed E-state index contributed by atoms with van der Waals surface area (Å²) in [4.78, 5) is 14.9. The maximum absolute atomic E-state index is 13.4. The topological polar surface area (TPSA) is 41.6 Å². The first-order valence-electron chi connectivity index (χ1n) is 9.20. The molecule has 0 saturated carbocycles. The summed E-state index contributed by atoms with van der Waals surface area (Å²) in [5, 5.41) is 3.08. The molecule has 1 saturated heterocycles. The number of hydrogen-bond donors (Lipinski definition) is 1. The van der Waals surface area contributed by atoms with Crippen molar-refractivity contribution >= 4 is 23.3 Å². The van der Waals surface area contributed by atoms with Crippen molar-refractivity contribution in [1.82, 2.24) is 5.32 Å². The van der Waals surface area contributed by atoms with E-state index in [1.807, 2.05) is 30.0 Å². The van der Waals surface area contributed by atoms with Gasteiger partial charge in [0.2, 0.25) is 0 Å². The summed E-state index contributed by atoms with van der Waals surface area (Å²) in [6, 6.07) is 12.2. The van der Waals surface area contributed by atoms with Crippen molar-refractivity contribution in [2.24, 2.45) is 0 Å². The molecular weight excluding hydrogens is 367 g/mol. The van der Waals surface area contributed by atoms with Crippen molar-refractivity contribution in [3.63, 3.8) is 0 Å². The van der Waals surface area contributed by atoms with Gasteiger partial charge >= 0.3 is 6.03 Å². The van der Waals surface area contributed by atoms with Gasteiger partial charge in [-0.1, -0.05) is 35.9 Å². The molecule has 2 aromatic rings. The van der Waals surface area contributed by atoms with Crippen molar-refractivity contribution in [1.29, 1.82) is 0 Å². The molecule has 2 aliphatic heterocycles. The molecule has 4 nitrogen and oxygen atoms in total. The highest BCUT2D eigenvalue weighted by molar-refractivity contribution is 6.30. The Hall–Kier alpha value is -2.11. The van der Waals surface area contributed by atoms with Crippen LogP contribution in [0.25, 0.3) is 0 Å². The van der Waals surface area contributed by atoms with Crippen molar-refractivity contribution in [2.45, 2.75) is 31.2 Å². The van der Waals surface area contributed by atoms with E-state index >= 15 is 0 Å². The fourth-order valence-electron chi connectivity index (χ4n) is 4.13. The lowest BCUT2D eigenvalue weighted by Crippen LogP contribution is -2.45. The number of nitrogens with zero attached hydrogens (tertiary/aromatic N) is 1. The Morgan fingerprint density at radius 1 is 1.26 bits per heavy atom. The fourth-order valence-corrected chi connectivity index (χ4v) is 4.32. The number of ether oxygens (including phenoxy) is 1. The van der Waals surface area contributed by atoms with Gasteiger partial charge in [-0.3, -0.25) is 4.90 Å². The van der Waals surface area contributed by atoms with Gasteiger partial charge < -0.3 is 10.1 Å². The summed E-state index contributed by atoms with van der Waals surface area (Å²) in [5.74, 6) is -0.464. The molecule has 1 N–H and O–H groups in total. The van der Waals surface area contributed by atoms with Gasteiger partial charge in [0.05, 0.1) is 11.1 Å². The first kappa shape index (κ1) is 18.3. The van der Waals surface area contributed by atoms with Gasteiger partial charge in [0, 0.05) is 30.9 Å². The van der Waals surface area contributed by atoms with Crippen LogP contribution in [0.4, 0.5) is 14.9 Å². The zero-order valence-corrected chi connectivity index (χ0v) is 15.9. The molecule has 142 valence electrons. The maximum atomic E-state index is 13.4. The lowest BCUT2D eigenvalue weighted by Gasteiger charge is -2.34. The van der Waals surface area contributed by atoms with E-state index in [1.54, 1.807) is 12.1 Å². The number of rotatable bonds is 2. The molecule has 1 unspecified atom stereocenters. The molecule has 6 heteroatoms. The number of benzene rings is 2. The molecule has 4 rings (SSSR count). The van der Waals surface area contributed by atoms with Gasteiger partial charge in [0.1, 0.15) is 5.82 Å². The average molecular weight is 389 g/mol. The van der Waals surface area contributed by atoms with Crippen LogP contribution in [0.2, 0.25) is 5.02 Å². The Kier molecular flexibility index (Phi) is 4.82. The Balaban J connectivity index is 1.56. The number of carbonyl (C=O) groups excluding carboxylic acids is 1. The summed E-state index contributed by atoms with van der Waals surface area (Å²) >= 11 is 5.88. The second-order valence-electron chi connectivity index (χ2n) is 7.34. The summed E-state index contributed by atoms with van der Waals surface area (Å²) in [6.45, 7) is 3.95. The number of amides is 2. The molecule has 0 aromatic heterocycles. The highest BCUT2D eigenvalue weighted by atomic mass is 35.5. The number of fused-ring (bicyclic) bond motifs is 2. The van der Waals surface area contributed by atoms with Crippen molar-refractivity contribution in [3.8, 4) is 0 Å². The molecule has 0 bridgehead atoms. The van der Waals surface area contributed by atoms with E-state index in [4.69, 9.17) is 16.3 Å². The SMILES string of the molecule is CC(NC(=O)N1CC2(CCOCC2)c2ccccc21)c1ccc(F)c(Cl)c1. The lowest BCUT2D eigenvalue weighted by molar-refractivity contribution is 0.0556. The number of hydrogen-bond acceptors (Lipinski definition) is 2. The van der Waals surface area contributed by atoms with Gasteiger partial charge in [0.15, 0.2) is 0 Å². The summed E-state index contributed by atoms with van der Waals surface area (Å²) in [6.07, 6.45) is 1.83. The number of halogens is 2. The third-order valence-corrected chi connectivity index (χ3v) is 6.00. The summed E-state index contributed by atoms with van der Waals surface area (Å²) < 4.78 is 18.9. The number of urea groups is 1. The van der Waals surface area contributed by atoms with Crippen LogP contribution >= 0.6 is 11.6 Å². The molecular formula is C21H22ClFN2O2. The lowest BCUT2D eigenvalue weighted by atomic mass is 9.76. The van der Waals surface area contributed by atoms with Crippen LogP contribution < -0.4 is 10.2 Å². The molecule has 27 heavy (non-hydrogen) atoms. The van der Waals surface area contributed by atoms with E-state index < -0.39 is 5.82 Å². The molecule has 1 atom stereocenters. The Morgan fingerprint density at radius 2 is 2.00 bits per heavy atom. The Bertz CT molecular complexity index is 867. The second kappa shape index (κ2) is 7.13. The zero-order chi connectivity index (χ0) is 19.0. The predicted molar refractivity (Wildman–Crippen MR) is 104 cm³/mol. The molecule has 2 aliphatic rings. The fraction of sp³-hybridized carbons (Fsp3) is 0.381. The molecule has 1 fully saturated rings. The molecule has 2 heterocycles. The summed E-state index contributed by atoms with van der Waals surface area (Å²) in [5.41, 5.74) is 2.92. The standard InChI is InChI=1S/C21H22ClFN2O2/c1-14(15-6-7-18(23)17(22)12-15)24-20(26)25-13-21(8-10-27-11-9-21)16-4-2-3-5-19(16)25/h2-7,12,14H,8-11,13H2,1H3,(H,24,26). The smallest absolute Gasteiger partial charge is 0.322 e. The van der Waals surface area contributed by atoms with E-state index in [-0.39, 0.29) is 22.5 Å². The number of nitrogens with one attached hydrogen (secondary N) is 1. The van der Waals surface area contributed by atoms with Crippen molar-refractivity contribution in [3.05, 3.63) is 64.4 Å². The van der Waals surface area contributed by atoms with Crippen molar-refractivity contribution < 1.29 is 13.9 Å². The zero-order valence-electron chi connectivity index (χ0n) is 15.2. The van der Waals surface area contributed by atoms with Gasteiger partial charge in [0.25, 0.3) is 0 Å². The van der Waals surface area contributed by atoms with E-state index in [9.17, 15) is 9.18 Å². The van der Waals surface area contributed by atoms with E-state index in [0.29, 0.717) is 19.8 Å². The first-order chi connectivity index (χ1) is 13.0. The van der Waals surface area contributed by atoms with E-state index in [0.717, 1.165) is 24.1 Å². The van der Waals surface area contributed by atoms with Crippen LogP contribution in [-0.4, -0.2) is 25.8 Å². The van der Waals surface area contributed by atoms with Crippen molar-refractivity contribution in [2.75, 3.05) is 24.7 Å². The normalized spacial score (nSPS) is 19.0. The highest BCUT2D eigenvalue weighted by Gasteiger charge is 2.45. The number of carbonyl (C=O) groups is 1. The average Bonchev–Trinajstić information content (AvgIpc) is 2.99. The largest absolute Gasteiger partial charge is 0.381 e. The van der Waals surface area contributed by atoms with Gasteiger partial charge in [-0.2, -0.15) is 0 Å². The molecule has 0 radical (unpaired) electrons. The Morgan fingerprint density at radius 3 is 2.74 bits per heavy atom. The van der Waals surface area contributed by atoms with Gasteiger partial charge in [-0.15, -0.1) is 0 Å². The number of anilines is 1. The minimum Gasteiger partial charge on any atom is -0.381 e. The van der Waals surface area contributed by atoms with Crippen LogP contribution in [0.3, 0.4) is 0 Å². The second-order valence-corrected chi connectivity index (χ2v) is 7.75. The highest BCUT2D eigenvalue weighted by Crippen LogP contribution is 2.46. The minimum absolute atomic E-state index is 0.0331. The van der Waals surface area contributed by atoms with Gasteiger partial charge in [-0.25, -0.2) is 9.18 Å². The van der Waals surface area contributed by atoms with E-state index in [2.05, 4.69) is 11.4 Å². The predicted octanol–water partition coefficient (Wildman–Crippen LogP) is 4.82. The maximum Gasteiger partial charge on any atom is 0.322 e. The van der Waals surface area contributed by atoms with Crippen LogP contribution in [0.15, 0.2) is 42.5 Å².